The summed E-state index contributed by atoms with van der Waals surface area (Å²) in [4.78, 5) is 4.26. The molecule has 0 aliphatic heterocycles. The van der Waals surface area contributed by atoms with Gasteiger partial charge in [0.15, 0.2) is 0 Å². The number of sulfonamides is 1. The van der Waals surface area contributed by atoms with Crippen LogP contribution in [0.4, 0.5) is 0 Å². The minimum absolute atomic E-state index is 0.0973. The van der Waals surface area contributed by atoms with Gasteiger partial charge in [0, 0.05) is 13.1 Å². The van der Waals surface area contributed by atoms with Crippen molar-refractivity contribution >= 4 is 21.1 Å². The smallest absolute Gasteiger partial charge is 0.213 e. The summed E-state index contributed by atoms with van der Waals surface area (Å²) in [6, 6.07) is 7.74. The van der Waals surface area contributed by atoms with Crippen LogP contribution in [0.25, 0.3) is 11.0 Å². The number of aromatic nitrogens is 2. The summed E-state index contributed by atoms with van der Waals surface area (Å²) in [5.74, 6) is 0.638. The zero-order chi connectivity index (χ0) is 14.0. The third-order valence-corrected chi connectivity index (χ3v) is 5.27. The Morgan fingerprint density at radius 2 is 2.10 bits per heavy atom. The Morgan fingerprint density at radius 1 is 1.30 bits per heavy atom. The number of benzene rings is 1. The molecule has 2 aromatic rings. The van der Waals surface area contributed by atoms with E-state index in [-0.39, 0.29) is 5.75 Å². The van der Waals surface area contributed by atoms with Crippen molar-refractivity contribution in [1.82, 2.24) is 14.3 Å². The van der Waals surface area contributed by atoms with E-state index in [1.807, 2.05) is 28.8 Å². The fourth-order valence-corrected chi connectivity index (χ4v) is 3.49. The van der Waals surface area contributed by atoms with Crippen LogP contribution in [-0.2, 0) is 16.6 Å². The maximum Gasteiger partial charge on any atom is 0.213 e. The molecule has 5 nitrogen and oxygen atoms in total. The number of rotatable bonds is 6. The zero-order valence-electron chi connectivity index (χ0n) is 11.3. The van der Waals surface area contributed by atoms with Crippen LogP contribution in [0.3, 0.4) is 0 Å². The van der Waals surface area contributed by atoms with E-state index in [2.05, 4.69) is 9.71 Å². The molecule has 0 saturated heterocycles. The average Bonchev–Trinajstić information content (AvgIpc) is 2.78. The molecule has 1 fully saturated rings. The van der Waals surface area contributed by atoms with Crippen LogP contribution >= 0.6 is 0 Å². The van der Waals surface area contributed by atoms with Crippen LogP contribution in [0.1, 0.15) is 19.3 Å². The second-order valence-corrected chi connectivity index (χ2v) is 7.32. The molecule has 20 heavy (non-hydrogen) atoms. The monoisotopic (exact) mass is 293 g/mol. The van der Waals surface area contributed by atoms with Gasteiger partial charge in [-0.15, -0.1) is 0 Å². The van der Waals surface area contributed by atoms with Crippen LogP contribution in [0, 0.1) is 5.92 Å². The lowest BCUT2D eigenvalue weighted by Gasteiger charge is -2.25. The molecular formula is C14H19N3O2S. The highest BCUT2D eigenvalue weighted by atomic mass is 32.2. The summed E-state index contributed by atoms with van der Waals surface area (Å²) in [7, 11) is -3.20. The summed E-state index contributed by atoms with van der Waals surface area (Å²) in [5, 5.41) is 0. The van der Waals surface area contributed by atoms with E-state index in [1.165, 1.54) is 6.42 Å². The van der Waals surface area contributed by atoms with Gasteiger partial charge in [0.1, 0.15) is 0 Å². The average molecular weight is 293 g/mol. The Labute approximate surface area is 119 Å². The highest BCUT2D eigenvalue weighted by molar-refractivity contribution is 7.89. The molecule has 1 N–H and O–H groups in total. The SMILES string of the molecule is O=S(=O)(CCn1cnc2ccccc21)NCC1CCC1. The van der Waals surface area contributed by atoms with Crippen LogP contribution in [-0.4, -0.2) is 30.3 Å². The third kappa shape index (κ3) is 3.02. The largest absolute Gasteiger partial charge is 0.330 e. The highest BCUT2D eigenvalue weighted by Crippen LogP contribution is 2.25. The third-order valence-electron chi connectivity index (χ3n) is 3.94. The number of hydrogen-bond acceptors (Lipinski definition) is 3. The van der Waals surface area contributed by atoms with Gasteiger partial charge < -0.3 is 4.57 Å². The first-order valence-electron chi connectivity index (χ1n) is 7.01. The van der Waals surface area contributed by atoms with Crippen molar-refractivity contribution in [3.05, 3.63) is 30.6 Å². The number of nitrogens with one attached hydrogen (secondary N) is 1. The molecular weight excluding hydrogens is 274 g/mol. The number of fused-ring (bicyclic) bond motifs is 1. The number of aryl methyl sites for hydroxylation is 1. The Bertz CT molecular complexity index is 689. The molecule has 0 bridgehead atoms. The van der Waals surface area contributed by atoms with Crippen molar-refractivity contribution in [2.24, 2.45) is 5.92 Å². The predicted octanol–water partition coefficient (Wildman–Crippen LogP) is 1.76. The van der Waals surface area contributed by atoms with Crippen LogP contribution in [0.2, 0.25) is 0 Å². The molecule has 0 atom stereocenters. The lowest BCUT2D eigenvalue weighted by Crippen LogP contribution is -2.34. The van der Waals surface area contributed by atoms with E-state index < -0.39 is 10.0 Å². The predicted molar refractivity (Wildman–Crippen MR) is 78.9 cm³/mol. The Balaban J connectivity index is 1.60. The molecule has 1 aromatic carbocycles. The normalized spacial score (nSPS) is 16.4. The lowest BCUT2D eigenvalue weighted by atomic mass is 9.86. The molecule has 6 heteroatoms. The van der Waals surface area contributed by atoms with Crippen molar-refractivity contribution in [1.29, 1.82) is 0 Å². The first-order valence-corrected chi connectivity index (χ1v) is 8.66. The quantitative estimate of drug-likeness (QED) is 0.882. The number of nitrogens with zero attached hydrogens (tertiary/aromatic N) is 2. The Kier molecular flexibility index (Phi) is 3.76. The van der Waals surface area contributed by atoms with Crippen molar-refractivity contribution in [3.8, 4) is 0 Å². The molecule has 1 aromatic heterocycles. The van der Waals surface area contributed by atoms with Gasteiger partial charge in [0.25, 0.3) is 0 Å². The molecule has 1 aliphatic carbocycles. The summed E-state index contributed by atoms with van der Waals surface area (Å²) in [5.41, 5.74) is 1.87. The molecule has 1 aliphatic rings. The molecule has 1 heterocycles. The fourth-order valence-electron chi connectivity index (χ4n) is 2.42. The Morgan fingerprint density at radius 3 is 2.85 bits per heavy atom. The van der Waals surface area contributed by atoms with Crippen molar-refractivity contribution in [3.63, 3.8) is 0 Å². The van der Waals surface area contributed by atoms with Gasteiger partial charge in [-0.25, -0.2) is 18.1 Å². The van der Waals surface area contributed by atoms with Crippen molar-refractivity contribution in [2.45, 2.75) is 25.8 Å². The van der Waals surface area contributed by atoms with Crippen LogP contribution < -0.4 is 4.72 Å². The first kappa shape index (κ1) is 13.6. The van der Waals surface area contributed by atoms with Crippen molar-refractivity contribution in [2.75, 3.05) is 12.3 Å². The van der Waals surface area contributed by atoms with Crippen LogP contribution in [0.5, 0.6) is 0 Å². The number of hydrogen-bond donors (Lipinski definition) is 1. The second-order valence-electron chi connectivity index (χ2n) is 5.39. The number of para-hydroxylation sites is 2. The van der Waals surface area contributed by atoms with Gasteiger partial charge in [-0.05, 0) is 30.9 Å². The topological polar surface area (TPSA) is 64.0 Å². The Hall–Kier alpha value is -1.40. The van der Waals surface area contributed by atoms with Gasteiger partial charge in [-0.1, -0.05) is 18.6 Å². The first-order chi connectivity index (χ1) is 9.64. The summed E-state index contributed by atoms with van der Waals surface area (Å²) in [6.45, 7) is 1.02. The van der Waals surface area contributed by atoms with E-state index >= 15 is 0 Å². The van der Waals surface area contributed by atoms with E-state index in [0.29, 0.717) is 19.0 Å². The molecule has 0 unspecified atom stereocenters. The molecule has 108 valence electrons. The lowest BCUT2D eigenvalue weighted by molar-refractivity contribution is 0.316. The maximum absolute atomic E-state index is 12.0. The highest BCUT2D eigenvalue weighted by Gasteiger charge is 2.20. The maximum atomic E-state index is 12.0. The second kappa shape index (κ2) is 5.54. The number of imidazole rings is 1. The zero-order valence-corrected chi connectivity index (χ0v) is 12.1. The van der Waals surface area contributed by atoms with Gasteiger partial charge >= 0.3 is 0 Å². The van der Waals surface area contributed by atoms with E-state index in [1.54, 1.807) is 6.33 Å². The molecule has 0 amide bonds. The van der Waals surface area contributed by atoms with Gasteiger partial charge in [-0.2, -0.15) is 0 Å². The minimum atomic E-state index is -3.20. The molecule has 3 rings (SSSR count). The van der Waals surface area contributed by atoms with E-state index in [0.717, 1.165) is 23.9 Å². The summed E-state index contributed by atoms with van der Waals surface area (Å²) >= 11 is 0. The van der Waals surface area contributed by atoms with E-state index in [4.69, 9.17) is 0 Å². The van der Waals surface area contributed by atoms with Crippen LogP contribution in [0.15, 0.2) is 30.6 Å². The summed E-state index contributed by atoms with van der Waals surface area (Å²) in [6.07, 6.45) is 5.23. The summed E-state index contributed by atoms with van der Waals surface area (Å²) < 4.78 is 28.5. The fraction of sp³-hybridized carbons (Fsp3) is 0.500. The van der Waals surface area contributed by atoms with Gasteiger partial charge in [-0.3, -0.25) is 0 Å². The van der Waals surface area contributed by atoms with Gasteiger partial charge in [0.05, 0.1) is 23.1 Å². The molecule has 1 saturated carbocycles. The molecule has 0 spiro atoms. The minimum Gasteiger partial charge on any atom is -0.330 e. The van der Waals surface area contributed by atoms with Gasteiger partial charge in [0.2, 0.25) is 10.0 Å². The standard InChI is InChI=1S/C14H19N3O2S/c18-20(19,16-10-12-4-3-5-12)9-8-17-11-15-13-6-1-2-7-14(13)17/h1-2,6-7,11-12,16H,3-5,8-10H2. The van der Waals surface area contributed by atoms with E-state index in [9.17, 15) is 8.42 Å². The molecule has 0 radical (unpaired) electrons. The van der Waals surface area contributed by atoms with Crippen molar-refractivity contribution < 1.29 is 8.42 Å².